The summed E-state index contributed by atoms with van der Waals surface area (Å²) in [5.74, 6) is 0.198. The fourth-order valence-corrected chi connectivity index (χ4v) is 5.14. The predicted octanol–water partition coefficient (Wildman–Crippen LogP) is 5.25. The lowest BCUT2D eigenvalue weighted by molar-refractivity contribution is 0.0979. The minimum atomic E-state index is -0.189. The summed E-state index contributed by atoms with van der Waals surface area (Å²) in [4.78, 5) is 24.0. The quantitative estimate of drug-likeness (QED) is 0.277. The maximum atomic E-state index is 13.7. The van der Waals surface area contributed by atoms with Gasteiger partial charge in [0, 0.05) is 40.4 Å². The third-order valence-electron chi connectivity index (χ3n) is 5.29. The molecule has 3 heterocycles. The number of carbonyl (C=O) groups is 1. The van der Waals surface area contributed by atoms with Gasteiger partial charge in [0.1, 0.15) is 0 Å². The Morgan fingerprint density at radius 2 is 1.79 bits per heavy atom. The molecule has 5 rings (SSSR count). The second-order valence-electron chi connectivity index (χ2n) is 7.43. The third-order valence-corrected chi connectivity index (χ3v) is 6.62. The molecule has 4 aromatic rings. The van der Waals surface area contributed by atoms with Crippen molar-refractivity contribution in [3.8, 4) is 5.69 Å². The lowest BCUT2D eigenvalue weighted by Crippen LogP contribution is -2.36. The van der Waals surface area contributed by atoms with Gasteiger partial charge < -0.3 is 4.90 Å². The van der Waals surface area contributed by atoms with Crippen LogP contribution in [-0.4, -0.2) is 37.4 Å². The molecular weight excluding hydrogens is 479 g/mol. The molecule has 0 saturated carbocycles. The Bertz CT molecular complexity index is 1290. The van der Waals surface area contributed by atoms with E-state index in [1.54, 1.807) is 46.2 Å². The van der Waals surface area contributed by atoms with Gasteiger partial charge >= 0.3 is 0 Å². The van der Waals surface area contributed by atoms with E-state index in [0.29, 0.717) is 38.9 Å². The van der Waals surface area contributed by atoms with Gasteiger partial charge in [-0.15, -0.1) is 5.10 Å². The van der Waals surface area contributed by atoms with Gasteiger partial charge in [-0.1, -0.05) is 58.4 Å². The van der Waals surface area contributed by atoms with Crippen LogP contribution >= 0.6 is 35.0 Å². The summed E-state index contributed by atoms with van der Waals surface area (Å²) in [5.41, 5.74) is 3.60. The van der Waals surface area contributed by atoms with Crippen LogP contribution in [0, 0.1) is 0 Å². The van der Waals surface area contributed by atoms with E-state index in [0.717, 1.165) is 24.1 Å². The topological polar surface area (TPSA) is 76.8 Å². The Balaban J connectivity index is 1.55. The number of para-hydroxylation sites is 1. The van der Waals surface area contributed by atoms with E-state index in [-0.39, 0.29) is 11.6 Å². The standard InChI is InChI=1S/C23H18Cl2N6OS/c24-16-11-17(25)13-18(12-16)31-20(14-33-23-26-8-4-9-27-23)21(28-29-31)22(32)30-10-3-6-15-5-1-2-7-19(15)30/h1-2,4-5,7-9,11-13H,3,6,10,14H2. The van der Waals surface area contributed by atoms with Crippen LogP contribution in [0.1, 0.15) is 28.2 Å². The van der Waals surface area contributed by atoms with E-state index in [9.17, 15) is 4.79 Å². The Morgan fingerprint density at radius 1 is 1.03 bits per heavy atom. The first-order chi connectivity index (χ1) is 16.1. The zero-order valence-electron chi connectivity index (χ0n) is 17.4. The molecule has 0 spiro atoms. The van der Waals surface area contributed by atoms with Gasteiger partial charge in [0.15, 0.2) is 10.9 Å². The highest BCUT2D eigenvalue weighted by Gasteiger charge is 2.29. The van der Waals surface area contributed by atoms with Crippen LogP contribution < -0.4 is 4.90 Å². The molecule has 0 radical (unpaired) electrons. The van der Waals surface area contributed by atoms with Crippen molar-refractivity contribution < 1.29 is 4.79 Å². The summed E-state index contributed by atoms with van der Waals surface area (Å²) in [6, 6.07) is 14.8. The number of fused-ring (bicyclic) bond motifs is 1. The number of hydrogen-bond acceptors (Lipinski definition) is 6. The number of benzene rings is 2. The Kier molecular flexibility index (Phi) is 6.30. The van der Waals surface area contributed by atoms with Crippen LogP contribution in [0.2, 0.25) is 10.0 Å². The SMILES string of the molecule is O=C(c1nnn(-c2cc(Cl)cc(Cl)c2)c1CSc1ncccn1)N1CCCc2ccccc21. The zero-order chi connectivity index (χ0) is 22.8. The molecule has 166 valence electrons. The molecule has 10 heteroatoms. The fraction of sp³-hybridized carbons (Fsp3) is 0.174. The molecule has 0 fully saturated rings. The minimum absolute atomic E-state index is 0.189. The monoisotopic (exact) mass is 496 g/mol. The highest BCUT2D eigenvalue weighted by Crippen LogP contribution is 2.31. The number of nitrogens with zero attached hydrogens (tertiary/aromatic N) is 6. The molecule has 0 bridgehead atoms. The van der Waals surface area contributed by atoms with Crippen LogP contribution in [0.25, 0.3) is 5.69 Å². The number of anilines is 1. The molecule has 0 atom stereocenters. The Morgan fingerprint density at radius 3 is 2.58 bits per heavy atom. The first-order valence-corrected chi connectivity index (χ1v) is 12.0. The lowest BCUT2D eigenvalue weighted by atomic mass is 10.0. The van der Waals surface area contributed by atoms with E-state index < -0.39 is 0 Å². The molecule has 0 unspecified atom stereocenters. The fourth-order valence-electron chi connectivity index (χ4n) is 3.83. The summed E-state index contributed by atoms with van der Waals surface area (Å²) in [6.45, 7) is 0.625. The number of aromatic nitrogens is 5. The lowest BCUT2D eigenvalue weighted by Gasteiger charge is -2.29. The van der Waals surface area contributed by atoms with Crippen molar-refractivity contribution in [3.05, 3.63) is 87.9 Å². The molecule has 0 N–H and O–H groups in total. The van der Waals surface area contributed by atoms with Gasteiger partial charge in [0.25, 0.3) is 5.91 Å². The molecule has 1 aliphatic rings. The molecule has 1 amide bonds. The van der Waals surface area contributed by atoms with Gasteiger partial charge in [-0.05, 0) is 48.7 Å². The molecule has 2 aromatic heterocycles. The predicted molar refractivity (Wildman–Crippen MR) is 129 cm³/mol. The largest absolute Gasteiger partial charge is 0.307 e. The number of hydrogen-bond donors (Lipinski definition) is 0. The average molecular weight is 497 g/mol. The number of rotatable bonds is 5. The average Bonchev–Trinajstić information content (AvgIpc) is 3.26. The van der Waals surface area contributed by atoms with E-state index in [4.69, 9.17) is 23.2 Å². The maximum Gasteiger partial charge on any atom is 0.280 e. The van der Waals surface area contributed by atoms with Gasteiger partial charge in [0.2, 0.25) is 0 Å². The molecule has 7 nitrogen and oxygen atoms in total. The van der Waals surface area contributed by atoms with Crippen molar-refractivity contribution in [1.82, 2.24) is 25.0 Å². The Labute approximate surface area is 204 Å². The second-order valence-corrected chi connectivity index (χ2v) is 9.25. The second kappa shape index (κ2) is 9.51. The van der Waals surface area contributed by atoms with Crippen LogP contribution in [-0.2, 0) is 12.2 Å². The molecule has 2 aromatic carbocycles. The number of carbonyl (C=O) groups excluding carboxylic acids is 1. The van der Waals surface area contributed by atoms with Crippen molar-refractivity contribution in [1.29, 1.82) is 0 Å². The molecular formula is C23H18Cl2N6OS. The number of amides is 1. The minimum Gasteiger partial charge on any atom is -0.307 e. The summed E-state index contributed by atoms with van der Waals surface area (Å²) < 4.78 is 1.61. The first kappa shape index (κ1) is 21.9. The summed E-state index contributed by atoms with van der Waals surface area (Å²) in [6.07, 6.45) is 5.20. The van der Waals surface area contributed by atoms with Gasteiger partial charge in [-0.3, -0.25) is 4.79 Å². The highest BCUT2D eigenvalue weighted by atomic mass is 35.5. The summed E-state index contributed by atoms with van der Waals surface area (Å²) in [7, 11) is 0. The summed E-state index contributed by atoms with van der Waals surface area (Å²) >= 11 is 13.9. The maximum absolute atomic E-state index is 13.7. The summed E-state index contributed by atoms with van der Waals surface area (Å²) in [5, 5.41) is 10.1. The van der Waals surface area contributed by atoms with Crippen molar-refractivity contribution in [3.63, 3.8) is 0 Å². The first-order valence-electron chi connectivity index (χ1n) is 10.3. The van der Waals surface area contributed by atoms with E-state index in [1.807, 2.05) is 18.2 Å². The molecule has 0 saturated heterocycles. The van der Waals surface area contributed by atoms with E-state index in [2.05, 4.69) is 26.3 Å². The van der Waals surface area contributed by atoms with Crippen LogP contribution in [0.4, 0.5) is 5.69 Å². The number of thioether (sulfide) groups is 1. The van der Waals surface area contributed by atoms with Crippen LogP contribution in [0.3, 0.4) is 0 Å². The number of aryl methyl sites for hydroxylation is 1. The van der Waals surface area contributed by atoms with Gasteiger partial charge in [-0.2, -0.15) is 0 Å². The zero-order valence-corrected chi connectivity index (χ0v) is 19.7. The molecule has 33 heavy (non-hydrogen) atoms. The smallest absolute Gasteiger partial charge is 0.280 e. The Hall–Kier alpha value is -2.94. The number of halogens is 2. The van der Waals surface area contributed by atoms with Crippen molar-refractivity contribution in [2.24, 2.45) is 0 Å². The van der Waals surface area contributed by atoms with Crippen LogP contribution in [0.5, 0.6) is 0 Å². The van der Waals surface area contributed by atoms with Gasteiger partial charge in [-0.25, -0.2) is 14.6 Å². The molecule has 1 aliphatic heterocycles. The normalized spacial score (nSPS) is 13.1. The van der Waals surface area contributed by atoms with Gasteiger partial charge in [0.05, 0.1) is 11.4 Å². The van der Waals surface area contributed by atoms with Crippen molar-refractivity contribution in [2.45, 2.75) is 23.8 Å². The third kappa shape index (κ3) is 4.59. The van der Waals surface area contributed by atoms with E-state index in [1.165, 1.54) is 11.8 Å². The molecule has 0 aliphatic carbocycles. The van der Waals surface area contributed by atoms with Crippen LogP contribution in [0.15, 0.2) is 66.1 Å². The highest BCUT2D eigenvalue weighted by molar-refractivity contribution is 7.98. The van der Waals surface area contributed by atoms with Crippen molar-refractivity contribution in [2.75, 3.05) is 11.4 Å². The van der Waals surface area contributed by atoms with Crippen molar-refractivity contribution >= 4 is 46.6 Å². The van der Waals surface area contributed by atoms with E-state index >= 15 is 0 Å².